The highest BCUT2D eigenvalue weighted by Crippen LogP contribution is 2.29. The van der Waals surface area contributed by atoms with Crippen LogP contribution in [0.15, 0.2) is 51.8 Å². The number of rotatable bonds is 6. The third kappa shape index (κ3) is 4.39. The van der Waals surface area contributed by atoms with Crippen LogP contribution < -0.4 is 10.1 Å². The van der Waals surface area contributed by atoms with Gasteiger partial charge in [0, 0.05) is 24.3 Å². The summed E-state index contributed by atoms with van der Waals surface area (Å²) in [5.74, 6) is -0.0973. The van der Waals surface area contributed by atoms with Crippen LogP contribution in [0.3, 0.4) is 0 Å². The average Bonchev–Trinajstić information content (AvgIpc) is 2.56. The first-order chi connectivity index (χ1) is 11.8. The fourth-order valence-electron chi connectivity index (χ4n) is 2.10. The summed E-state index contributed by atoms with van der Waals surface area (Å²) >= 11 is 3.32. The zero-order valence-corrected chi connectivity index (χ0v) is 16.5. The lowest BCUT2D eigenvalue weighted by molar-refractivity contribution is 0.102. The van der Waals surface area contributed by atoms with E-state index in [9.17, 15) is 13.2 Å². The van der Waals surface area contributed by atoms with Crippen molar-refractivity contribution in [2.75, 3.05) is 26.0 Å². The summed E-state index contributed by atoms with van der Waals surface area (Å²) in [5, 5.41) is 2.71. The van der Waals surface area contributed by atoms with E-state index >= 15 is 0 Å². The maximum atomic E-state index is 12.5. The van der Waals surface area contributed by atoms with Crippen molar-refractivity contribution in [1.29, 1.82) is 0 Å². The zero-order chi connectivity index (χ0) is 18.6. The van der Waals surface area contributed by atoms with Crippen molar-refractivity contribution in [1.82, 2.24) is 4.31 Å². The molecular formula is C17H19BrN2O4S. The van der Waals surface area contributed by atoms with Gasteiger partial charge in [0.15, 0.2) is 0 Å². The van der Waals surface area contributed by atoms with E-state index in [2.05, 4.69) is 21.2 Å². The van der Waals surface area contributed by atoms with Crippen molar-refractivity contribution >= 4 is 37.5 Å². The molecule has 0 spiro atoms. The Morgan fingerprint density at radius 1 is 1.20 bits per heavy atom. The molecule has 2 aromatic carbocycles. The Kier molecular flexibility index (Phi) is 6.21. The lowest BCUT2D eigenvalue weighted by Crippen LogP contribution is -2.23. The molecule has 0 atom stereocenters. The van der Waals surface area contributed by atoms with Gasteiger partial charge in [-0.15, -0.1) is 0 Å². The molecule has 1 N–H and O–H groups in total. The summed E-state index contributed by atoms with van der Waals surface area (Å²) in [6.07, 6.45) is 0. The number of nitrogens with zero attached hydrogens (tertiary/aromatic N) is 1. The third-order valence-electron chi connectivity index (χ3n) is 3.38. The molecule has 0 saturated carbocycles. The molecule has 134 valence electrons. The van der Waals surface area contributed by atoms with Crippen LogP contribution in [0.2, 0.25) is 0 Å². The standard InChI is InChI=1S/C17H19BrN2O4S/c1-4-24-15-10-9-12(11-16(15)25(22,23)20(2)3)19-17(21)13-7-5-6-8-14(13)18/h5-11H,4H2,1-3H3,(H,19,21). The first kappa shape index (κ1) is 19.4. The molecule has 0 aliphatic rings. The van der Waals surface area contributed by atoms with Gasteiger partial charge < -0.3 is 10.1 Å². The van der Waals surface area contributed by atoms with Gasteiger partial charge in [0.1, 0.15) is 10.6 Å². The lowest BCUT2D eigenvalue weighted by atomic mass is 10.2. The van der Waals surface area contributed by atoms with Crippen molar-refractivity contribution < 1.29 is 17.9 Å². The van der Waals surface area contributed by atoms with Gasteiger partial charge in [-0.3, -0.25) is 4.79 Å². The quantitative estimate of drug-likeness (QED) is 0.767. The molecule has 0 aromatic heterocycles. The number of sulfonamides is 1. The van der Waals surface area contributed by atoms with Crippen LogP contribution in [0.1, 0.15) is 17.3 Å². The molecule has 8 heteroatoms. The van der Waals surface area contributed by atoms with Gasteiger partial charge in [-0.05, 0) is 53.2 Å². The summed E-state index contributed by atoms with van der Waals surface area (Å²) in [6, 6.07) is 11.5. The number of hydrogen-bond donors (Lipinski definition) is 1. The highest BCUT2D eigenvalue weighted by Gasteiger charge is 2.23. The first-order valence-electron chi connectivity index (χ1n) is 7.52. The number of hydrogen-bond acceptors (Lipinski definition) is 4. The molecule has 25 heavy (non-hydrogen) atoms. The highest BCUT2D eigenvalue weighted by atomic mass is 79.9. The molecule has 2 rings (SSSR count). The van der Waals surface area contributed by atoms with Crippen molar-refractivity contribution in [3.63, 3.8) is 0 Å². The van der Waals surface area contributed by atoms with Gasteiger partial charge in [-0.25, -0.2) is 12.7 Å². The molecule has 0 fully saturated rings. The van der Waals surface area contributed by atoms with E-state index in [4.69, 9.17) is 4.74 Å². The number of anilines is 1. The second-order valence-corrected chi connectivity index (χ2v) is 8.29. The molecule has 0 heterocycles. The summed E-state index contributed by atoms with van der Waals surface area (Å²) < 4.78 is 32.2. The molecule has 0 radical (unpaired) electrons. The Hall–Kier alpha value is -1.90. The smallest absolute Gasteiger partial charge is 0.256 e. The van der Waals surface area contributed by atoms with Crippen LogP contribution in [0, 0.1) is 0 Å². The number of halogens is 1. The highest BCUT2D eigenvalue weighted by molar-refractivity contribution is 9.10. The number of carbonyl (C=O) groups excluding carboxylic acids is 1. The predicted octanol–water partition coefficient (Wildman–Crippen LogP) is 3.35. The molecule has 2 aromatic rings. The molecule has 6 nitrogen and oxygen atoms in total. The van der Waals surface area contributed by atoms with E-state index in [0.717, 1.165) is 4.31 Å². The third-order valence-corrected chi connectivity index (χ3v) is 5.91. The molecular weight excluding hydrogens is 408 g/mol. The van der Waals surface area contributed by atoms with Crippen molar-refractivity contribution in [3.8, 4) is 5.75 Å². The van der Waals surface area contributed by atoms with Crippen molar-refractivity contribution in [3.05, 3.63) is 52.5 Å². The minimum atomic E-state index is -3.71. The summed E-state index contributed by atoms with van der Waals surface area (Å²) in [6.45, 7) is 2.10. The SMILES string of the molecule is CCOc1ccc(NC(=O)c2ccccc2Br)cc1S(=O)(=O)N(C)C. The lowest BCUT2D eigenvalue weighted by Gasteiger charge is -2.16. The second kappa shape index (κ2) is 7.99. The Labute approximate surface area is 156 Å². The molecule has 0 aliphatic carbocycles. The second-order valence-electron chi connectivity index (χ2n) is 5.32. The minimum Gasteiger partial charge on any atom is -0.492 e. The number of carbonyl (C=O) groups is 1. The Bertz CT molecular complexity index is 882. The Balaban J connectivity index is 2.40. The van der Waals surface area contributed by atoms with Crippen LogP contribution >= 0.6 is 15.9 Å². The zero-order valence-electron chi connectivity index (χ0n) is 14.1. The van der Waals surface area contributed by atoms with Crippen LogP contribution in [0.5, 0.6) is 5.75 Å². The van der Waals surface area contributed by atoms with Crippen LogP contribution in [0.25, 0.3) is 0 Å². The van der Waals surface area contributed by atoms with E-state index in [-0.39, 0.29) is 16.6 Å². The predicted molar refractivity (Wildman–Crippen MR) is 101 cm³/mol. The molecule has 0 saturated heterocycles. The largest absolute Gasteiger partial charge is 0.492 e. The van der Waals surface area contributed by atoms with E-state index in [1.54, 1.807) is 37.3 Å². The first-order valence-corrected chi connectivity index (χ1v) is 9.76. The Morgan fingerprint density at radius 2 is 1.88 bits per heavy atom. The topological polar surface area (TPSA) is 75.7 Å². The maximum absolute atomic E-state index is 12.5. The number of benzene rings is 2. The van der Waals surface area contributed by atoms with Crippen molar-refractivity contribution in [2.45, 2.75) is 11.8 Å². The number of amides is 1. The van der Waals surface area contributed by atoms with Gasteiger partial charge in [0.05, 0.1) is 12.2 Å². The molecule has 0 unspecified atom stereocenters. The summed E-state index contributed by atoms with van der Waals surface area (Å²) in [4.78, 5) is 12.4. The molecule has 0 aliphatic heterocycles. The van der Waals surface area contributed by atoms with Crippen LogP contribution in [-0.4, -0.2) is 39.3 Å². The Morgan fingerprint density at radius 3 is 2.48 bits per heavy atom. The van der Waals surface area contributed by atoms with E-state index in [1.165, 1.54) is 26.2 Å². The fourth-order valence-corrected chi connectivity index (χ4v) is 3.62. The summed E-state index contributed by atoms with van der Waals surface area (Å²) in [7, 11) is -0.829. The minimum absolute atomic E-state index is 0.00396. The van der Waals surface area contributed by atoms with Gasteiger partial charge >= 0.3 is 0 Å². The van der Waals surface area contributed by atoms with Gasteiger partial charge in [-0.2, -0.15) is 0 Å². The fraction of sp³-hybridized carbons (Fsp3) is 0.235. The van der Waals surface area contributed by atoms with Crippen LogP contribution in [-0.2, 0) is 10.0 Å². The van der Waals surface area contributed by atoms with Crippen LogP contribution in [0.4, 0.5) is 5.69 Å². The van der Waals surface area contributed by atoms with E-state index in [1.807, 2.05) is 0 Å². The van der Waals surface area contributed by atoms with Crippen molar-refractivity contribution in [2.24, 2.45) is 0 Å². The van der Waals surface area contributed by atoms with E-state index in [0.29, 0.717) is 22.3 Å². The number of ether oxygens (including phenoxy) is 1. The van der Waals surface area contributed by atoms with Gasteiger partial charge in [-0.1, -0.05) is 12.1 Å². The molecule has 0 bridgehead atoms. The van der Waals surface area contributed by atoms with E-state index < -0.39 is 10.0 Å². The maximum Gasteiger partial charge on any atom is 0.256 e. The van der Waals surface area contributed by atoms with Gasteiger partial charge in [0.25, 0.3) is 5.91 Å². The summed E-state index contributed by atoms with van der Waals surface area (Å²) in [5.41, 5.74) is 0.818. The number of nitrogens with one attached hydrogen (secondary N) is 1. The average molecular weight is 427 g/mol. The normalized spacial score (nSPS) is 11.4. The molecule has 1 amide bonds. The monoisotopic (exact) mass is 426 g/mol. The van der Waals surface area contributed by atoms with Gasteiger partial charge in [0.2, 0.25) is 10.0 Å².